The standard InChI is InChI=1S/C27H19F3N4O3/c28-27(29,30)18-5-6-20-21(8-9-31-23(20)12-18)32-19-3-1-2-17(10-19)24-13-22(33-34(24)14-35)16-4-7-25-26(11-16)37-15-36-25/h1-12,14,24H,13,15H2,(H,31,32). The number of halogens is 3. The number of nitrogens with zero attached hydrogens (tertiary/aromatic N) is 3. The Bertz CT molecular complexity index is 1550. The van der Waals surface area contributed by atoms with Gasteiger partial charge in [-0.2, -0.15) is 18.3 Å². The lowest BCUT2D eigenvalue weighted by Gasteiger charge is -2.19. The molecule has 7 nitrogen and oxygen atoms in total. The summed E-state index contributed by atoms with van der Waals surface area (Å²) in [6.45, 7) is 0.171. The van der Waals surface area contributed by atoms with Crippen molar-refractivity contribution in [1.29, 1.82) is 0 Å². The van der Waals surface area contributed by atoms with Crippen molar-refractivity contribution in [2.24, 2.45) is 5.10 Å². The van der Waals surface area contributed by atoms with Crippen molar-refractivity contribution in [1.82, 2.24) is 9.99 Å². The molecule has 2 aliphatic rings. The van der Waals surface area contributed by atoms with Gasteiger partial charge >= 0.3 is 6.18 Å². The van der Waals surface area contributed by atoms with Crippen LogP contribution < -0.4 is 14.8 Å². The predicted octanol–water partition coefficient (Wildman–Crippen LogP) is 6.03. The van der Waals surface area contributed by atoms with Crippen LogP contribution in [-0.4, -0.2) is 28.9 Å². The van der Waals surface area contributed by atoms with Gasteiger partial charge in [-0.3, -0.25) is 9.78 Å². The summed E-state index contributed by atoms with van der Waals surface area (Å²) in [5.41, 5.74) is 3.26. The van der Waals surface area contributed by atoms with Crippen molar-refractivity contribution in [2.75, 3.05) is 12.1 Å². The van der Waals surface area contributed by atoms with Crippen LogP contribution in [0.2, 0.25) is 0 Å². The van der Waals surface area contributed by atoms with E-state index in [0.717, 1.165) is 29.0 Å². The first-order valence-electron chi connectivity index (χ1n) is 11.4. The SMILES string of the molecule is O=CN1N=C(c2ccc3c(c2)OCO3)CC1c1cccc(Nc2ccnc3cc(C(F)(F)F)ccc23)c1. The highest BCUT2D eigenvalue weighted by Gasteiger charge is 2.31. The number of ether oxygens (including phenoxy) is 2. The van der Waals surface area contributed by atoms with Gasteiger partial charge in [0.25, 0.3) is 0 Å². The highest BCUT2D eigenvalue weighted by molar-refractivity contribution is 6.03. The van der Waals surface area contributed by atoms with Crippen molar-refractivity contribution < 1.29 is 27.4 Å². The number of carbonyl (C=O) groups is 1. The van der Waals surface area contributed by atoms with Gasteiger partial charge in [0.2, 0.25) is 13.2 Å². The maximum absolute atomic E-state index is 13.1. The molecule has 1 atom stereocenters. The summed E-state index contributed by atoms with van der Waals surface area (Å²) in [5, 5.41) is 9.73. The number of benzene rings is 3. The van der Waals surface area contributed by atoms with E-state index in [4.69, 9.17) is 9.47 Å². The van der Waals surface area contributed by atoms with Crippen LogP contribution in [0.1, 0.15) is 29.2 Å². The Labute approximate surface area is 209 Å². The first-order valence-corrected chi connectivity index (χ1v) is 11.4. The van der Waals surface area contributed by atoms with E-state index in [9.17, 15) is 18.0 Å². The molecule has 3 aromatic carbocycles. The summed E-state index contributed by atoms with van der Waals surface area (Å²) in [6, 6.07) is 17.9. The number of hydrogen-bond donors (Lipinski definition) is 1. The molecule has 0 fully saturated rings. The van der Waals surface area contributed by atoms with Crippen LogP contribution in [0.3, 0.4) is 0 Å². The van der Waals surface area contributed by atoms with Crippen LogP contribution in [0, 0.1) is 0 Å². The van der Waals surface area contributed by atoms with E-state index in [1.54, 1.807) is 6.07 Å². The average molecular weight is 504 g/mol. The molecule has 0 bridgehead atoms. The van der Waals surface area contributed by atoms with Crippen molar-refractivity contribution in [3.8, 4) is 11.5 Å². The molecule has 0 aliphatic carbocycles. The zero-order valence-corrected chi connectivity index (χ0v) is 19.2. The number of alkyl halides is 3. The van der Waals surface area contributed by atoms with E-state index >= 15 is 0 Å². The molecule has 2 aliphatic heterocycles. The van der Waals surface area contributed by atoms with Crippen LogP contribution in [-0.2, 0) is 11.0 Å². The molecular weight excluding hydrogens is 485 g/mol. The zero-order valence-electron chi connectivity index (χ0n) is 19.2. The number of anilines is 2. The van der Waals surface area contributed by atoms with Crippen LogP contribution in [0.4, 0.5) is 24.5 Å². The second-order valence-electron chi connectivity index (χ2n) is 8.66. The highest BCUT2D eigenvalue weighted by Crippen LogP contribution is 2.38. The molecule has 1 amide bonds. The lowest BCUT2D eigenvalue weighted by molar-refractivity contribution is -0.137. The Morgan fingerprint density at radius 1 is 1.00 bits per heavy atom. The van der Waals surface area contributed by atoms with Crippen LogP contribution in [0.15, 0.2) is 78.0 Å². The van der Waals surface area contributed by atoms with Crippen molar-refractivity contribution in [2.45, 2.75) is 18.6 Å². The van der Waals surface area contributed by atoms with E-state index in [-0.39, 0.29) is 18.4 Å². The average Bonchev–Trinajstić information content (AvgIpc) is 3.55. The first kappa shape index (κ1) is 22.8. The van der Waals surface area contributed by atoms with E-state index in [1.807, 2.05) is 42.5 Å². The molecule has 186 valence electrons. The quantitative estimate of drug-likeness (QED) is 0.336. The largest absolute Gasteiger partial charge is 0.454 e. The molecule has 0 saturated heterocycles. The van der Waals surface area contributed by atoms with Crippen LogP contribution in [0.25, 0.3) is 10.9 Å². The molecule has 0 saturated carbocycles. The van der Waals surface area contributed by atoms with Gasteiger partial charge < -0.3 is 14.8 Å². The van der Waals surface area contributed by atoms with Crippen molar-refractivity contribution >= 4 is 34.4 Å². The minimum atomic E-state index is -4.44. The van der Waals surface area contributed by atoms with Gasteiger partial charge in [-0.1, -0.05) is 18.2 Å². The van der Waals surface area contributed by atoms with Gasteiger partial charge in [-0.25, -0.2) is 5.01 Å². The number of pyridine rings is 1. The minimum absolute atomic E-state index is 0.171. The fourth-order valence-electron chi connectivity index (χ4n) is 4.56. The summed E-state index contributed by atoms with van der Waals surface area (Å²) in [5.74, 6) is 1.31. The van der Waals surface area contributed by atoms with Crippen LogP contribution >= 0.6 is 0 Å². The van der Waals surface area contributed by atoms with Gasteiger partial charge in [0.1, 0.15) is 0 Å². The maximum Gasteiger partial charge on any atom is 0.416 e. The molecule has 6 rings (SSSR count). The molecule has 3 heterocycles. The lowest BCUT2D eigenvalue weighted by Crippen LogP contribution is -2.17. The van der Waals surface area contributed by atoms with Gasteiger partial charge in [-0.05, 0) is 54.1 Å². The van der Waals surface area contributed by atoms with E-state index in [0.29, 0.717) is 41.1 Å². The highest BCUT2D eigenvalue weighted by atomic mass is 19.4. The topological polar surface area (TPSA) is 76.1 Å². The van der Waals surface area contributed by atoms with Crippen molar-refractivity contribution in [3.63, 3.8) is 0 Å². The fourth-order valence-corrected chi connectivity index (χ4v) is 4.56. The Balaban J connectivity index is 1.26. The second kappa shape index (κ2) is 8.81. The van der Waals surface area contributed by atoms with Gasteiger partial charge in [0.15, 0.2) is 11.5 Å². The number of amides is 1. The Morgan fingerprint density at radius 2 is 1.86 bits per heavy atom. The molecule has 4 aromatic rings. The van der Waals surface area contributed by atoms with E-state index in [1.165, 1.54) is 17.3 Å². The van der Waals surface area contributed by atoms with Crippen molar-refractivity contribution in [3.05, 3.63) is 89.6 Å². The minimum Gasteiger partial charge on any atom is -0.454 e. The molecule has 0 spiro atoms. The first-order chi connectivity index (χ1) is 17.9. The fraction of sp³-hybridized carbons (Fsp3) is 0.148. The summed E-state index contributed by atoms with van der Waals surface area (Å²) >= 11 is 0. The maximum atomic E-state index is 13.1. The third kappa shape index (κ3) is 4.31. The Hall–Kier alpha value is -4.60. The number of fused-ring (bicyclic) bond motifs is 2. The number of hydrogen-bond acceptors (Lipinski definition) is 6. The van der Waals surface area contributed by atoms with E-state index in [2.05, 4.69) is 15.4 Å². The molecule has 10 heteroatoms. The predicted molar refractivity (Wildman–Crippen MR) is 131 cm³/mol. The smallest absolute Gasteiger partial charge is 0.416 e. The van der Waals surface area contributed by atoms with Gasteiger partial charge in [0, 0.05) is 34.9 Å². The summed E-state index contributed by atoms with van der Waals surface area (Å²) in [4.78, 5) is 15.9. The number of carbonyl (C=O) groups excluding carboxylic acids is 1. The molecule has 1 aromatic heterocycles. The van der Waals surface area contributed by atoms with E-state index < -0.39 is 11.7 Å². The summed E-state index contributed by atoms with van der Waals surface area (Å²) in [7, 11) is 0. The van der Waals surface area contributed by atoms with Gasteiger partial charge in [0.05, 0.1) is 22.8 Å². The normalized spacial score (nSPS) is 16.7. The third-order valence-corrected chi connectivity index (χ3v) is 6.38. The summed E-state index contributed by atoms with van der Waals surface area (Å²) < 4.78 is 50.2. The molecule has 1 unspecified atom stereocenters. The Kier molecular flexibility index (Phi) is 5.44. The molecule has 0 radical (unpaired) electrons. The number of hydrazone groups is 1. The molecular formula is C27H19F3N4O3. The summed E-state index contributed by atoms with van der Waals surface area (Å²) in [6.07, 6.45) is -1.79. The molecule has 1 N–H and O–H groups in total. The number of nitrogens with one attached hydrogen (secondary N) is 1. The van der Waals surface area contributed by atoms with Gasteiger partial charge in [-0.15, -0.1) is 0 Å². The van der Waals surface area contributed by atoms with Crippen LogP contribution in [0.5, 0.6) is 11.5 Å². The monoisotopic (exact) mass is 504 g/mol. The zero-order chi connectivity index (χ0) is 25.6. The second-order valence-corrected chi connectivity index (χ2v) is 8.66. The molecule has 37 heavy (non-hydrogen) atoms. The third-order valence-electron chi connectivity index (χ3n) is 6.38. The number of rotatable bonds is 5. The Morgan fingerprint density at radius 3 is 2.70 bits per heavy atom. The lowest BCUT2D eigenvalue weighted by atomic mass is 9.98. The number of aromatic nitrogens is 1.